The molecule has 0 radical (unpaired) electrons. The number of hydrogen-bond donors (Lipinski definition) is 0. The molecule has 0 aliphatic carbocycles. The van der Waals surface area contributed by atoms with Crippen molar-refractivity contribution >= 4 is 11.8 Å². The first kappa shape index (κ1) is 13.9. The maximum Gasteiger partial charge on any atom is 0.188 e. The number of pyridine rings is 1. The van der Waals surface area contributed by atoms with Gasteiger partial charge in [-0.3, -0.25) is 4.98 Å². The predicted molar refractivity (Wildman–Crippen MR) is 74.6 cm³/mol. The summed E-state index contributed by atoms with van der Waals surface area (Å²) in [6.07, 6.45) is 3.76. The van der Waals surface area contributed by atoms with Crippen LogP contribution in [0.3, 0.4) is 0 Å². The first-order chi connectivity index (χ1) is 9.10. The molecule has 0 N–H and O–H groups in total. The van der Waals surface area contributed by atoms with E-state index < -0.39 is 0 Å². The first-order valence-electron chi connectivity index (χ1n) is 6.16. The summed E-state index contributed by atoms with van der Waals surface area (Å²) in [5.41, 5.74) is 3.50. The highest BCUT2D eigenvalue weighted by molar-refractivity contribution is 7.98. The average molecular weight is 277 g/mol. The minimum atomic E-state index is -0.253. The zero-order chi connectivity index (χ0) is 13.8. The van der Waals surface area contributed by atoms with Crippen LogP contribution in [0.2, 0.25) is 0 Å². The molecule has 2 rings (SSSR count). The Morgan fingerprint density at radius 3 is 2.47 bits per heavy atom. The molecule has 0 spiro atoms. The van der Waals surface area contributed by atoms with E-state index in [2.05, 4.69) is 15.0 Å². The molecule has 2 aromatic heterocycles. The third-order valence-corrected chi connectivity index (χ3v) is 3.66. The van der Waals surface area contributed by atoms with E-state index in [1.807, 2.05) is 26.8 Å². The number of thioether (sulfide) groups is 1. The van der Waals surface area contributed by atoms with E-state index in [0.717, 1.165) is 23.4 Å². The fraction of sp³-hybridized carbons (Fsp3) is 0.357. The topological polar surface area (TPSA) is 38.7 Å². The van der Waals surface area contributed by atoms with Crippen LogP contribution in [0.5, 0.6) is 0 Å². The fourth-order valence-electron chi connectivity index (χ4n) is 1.86. The van der Waals surface area contributed by atoms with Gasteiger partial charge in [0.1, 0.15) is 5.82 Å². The summed E-state index contributed by atoms with van der Waals surface area (Å²) in [4.78, 5) is 12.6. The zero-order valence-corrected chi connectivity index (χ0v) is 12.1. The highest BCUT2D eigenvalue weighted by Gasteiger charge is 2.10. The van der Waals surface area contributed by atoms with Gasteiger partial charge in [0.25, 0.3) is 0 Å². The van der Waals surface area contributed by atoms with Crippen molar-refractivity contribution in [1.29, 1.82) is 0 Å². The predicted octanol–water partition coefficient (Wildman–Crippen LogP) is 3.48. The Kier molecular flexibility index (Phi) is 4.47. The van der Waals surface area contributed by atoms with Crippen molar-refractivity contribution in [3.63, 3.8) is 0 Å². The van der Waals surface area contributed by atoms with Gasteiger partial charge in [-0.25, -0.2) is 14.4 Å². The fourth-order valence-corrected chi connectivity index (χ4v) is 2.88. The average Bonchev–Trinajstić information content (AvgIpc) is 2.36. The van der Waals surface area contributed by atoms with Crippen LogP contribution in [-0.2, 0) is 12.2 Å². The van der Waals surface area contributed by atoms with Crippen LogP contribution in [0, 0.1) is 19.7 Å². The van der Waals surface area contributed by atoms with Crippen LogP contribution in [0.15, 0.2) is 23.6 Å². The van der Waals surface area contributed by atoms with Crippen LogP contribution in [0.25, 0.3) is 0 Å². The van der Waals surface area contributed by atoms with Gasteiger partial charge in [-0.05, 0) is 31.9 Å². The van der Waals surface area contributed by atoms with Crippen molar-refractivity contribution in [1.82, 2.24) is 15.0 Å². The molecule has 0 aliphatic heterocycles. The normalized spacial score (nSPS) is 10.7. The number of nitrogens with zero attached hydrogens (tertiary/aromatic N) is 3. The smallest absolute Gasteiger partial charge is 0.188 e. The molecule has 3 nitrogen and oxygen atoms in total. The van der Waals surface area contributed by atoms with E-state index in [4.69, 9.17) is 0 Å². The van der Waals surface area contributed by atoms with Gasteiger partial charge in [-0.15, -0.1) is 0 Å². The first-order valence-corrected chi connectivity index (χ1v) is 7.15. The molecule has 0 saturated carbocycles. The molecule has 0 amide bonds. The van der Waals surface area contributed by atoms with E-state index >= 15 is 0 Å². The Morgan fingerprint density at radius 2 is 1.84 bits per heavy atom. The Labute approximate surface area is 116 Å². The zero-order valence-electron chi connectivity index (χ0n) is 11.3. The molecule has 2 aromatic rings. The van der Waals surface area contributed by atoms with Crippen molar-refractivity contribution in [3.8, 4) is 0 Å². The highest BCUT2D eigenvalue weighted by atomic mass is 32.2. The van der Waals surface area contributed by atoms with Gasteiger partial charge in [0.05, 0.1) is 6.20 Å². The lowest BCUT2D eigenvalue weighted by Gasteiger charge is -2.08. The molecule has 0 saturated heterocycles. The largest absolute Gasteiger partial charge is 0.261 e. The van der Waals surface area contributed by atoms with Crippen molar-refractivity contribution in [2.24, 2.45) is 0 Å². The lowest BCUT2D eigenvalue weighted by molar-refractivity contribution is 0.607. The van der Waals surface area contributed by atoms with E-state index in [1.165, 1.54) is 18.0 Å². The molecule has 5 heteroatoms. The van der Waals surface area contributed by atoms with Crippen molar-refractivity contribution in [3.05, 3.63) is 46.8 Å². The van der Waals surface area contributed by atoms with Gasteiger partial charge in [0, 0.05) is 28.9 Å². The summed E-state index contributed by atoms with van der Waals surface area (Å²) in [6, 6.07) is 1.93. The molecule has 0 aromatic carbocycles. The lowest BCUT2D eigenvalue weighted by Crippen LogP contribution is -1.99. The molecule has 0 aliphatic rings. The van der Waals surface area contributed by atoms with Crippen molar-refractivity contribution in [2.45, 2.75) is 38.1 Å². The maximum atomic E-state index is 13.8. The SMILES string of the molecule is CCc1cncc(F)c1CSc1nc(C)cc(C)n1. The summed E-state index contributed by atoms with van der Waals surface area (Å²) in [5, 5.41) is 0.691. The molecule has 19 heavy (non-hydrogen) atoms. The maximum absolute atomic E-state index is 13.8. The van der Waals surface area contributed by atoms with Gasteiger partial charge in [0.2, 0.25) is 0 Å². The summed E-state index contributed by atoms with van der Waals surface area (Å²) in [6.45, 7) is 5.87. The molecule has 0 atom stereocenters. The summed E-state index contributed by atoms with van der Waals surface area (Å²) >= 11 is 1.46. The highest BCUT2D eigenvalue weighted by Crippen LogP contribution is 2.24. The van der Waals surface area contributed by atoms with Crippen LogP contribution in [0.1, 0.15) is 29.4 Å². The van der Waals surface area contributed by atoms with Gasteiger partial charge in [-0.2, -0.15) is 0 Å². The second kappa shape index (κ2) is 6.10. The van der Waals surface area contributed by atoms with E-state index in [9.17, 15) is 4.39 Å². The van der Waals surface area contributed by atoms with Crippen LogP contribution in [-0.4, -0.2) is 15.0 Å². The minimum Gasteiger partial charge on any atom is -0.261 e. The van der Waals surface area contributed by atoms with Gasteiger partial charge in [0.15, 0.2) is 5.16 Å². The monoisotopic (exact) mass is 277 g/mol. The molecule has 0 bridgehead atoms. The summed E-state index contributed by atoms with van der Waals surface area (Å²) in [5.74, 6) is 0.275. The quantitative estimate of drug-likeness (QED) is 0.633. The second-order valence-electron chi connectivity index (χ2n) is 4.33. The minimum absolute atomic E-state index is 0.253. The Morgan fingerprint density at radius 1 is 1.16 bits per heavy atom. The third kappa shape index (κ3) is 3.50. The van der Waals surface area contributed by atoms with Crippen molar-refractivity contribution < 1.29 is 4.39 Å². The summed E-state index contributed by atoms with van der Waals surface area (Å²) < 4.78 is 13.8. The van der Waals surface area contributed by atoms with E-state index in [0.29, 0.717) is 16.5 Å². The van der Waals surface area contributed by atoms with Gasteiger partial charge >= 0.3 is 0 Å². The molecule has 2 heterocycles. The Balaban J connectivity index is 2.18. The van der Waals surface area contributed by atoms with Crippen LogP contribution in [0.4, 0.5) is 4.39 Å². The number of rotatable bonds is 4. The second-order valence-corrected chi connectivity index (χ2v) is 5.28. The Hall–Kier alpha value is -1.49. The Bertz CT molecular complexity index is 567. The lowest BCUT2D eigenvalue weighted by atomic mass is 10.1. The molecular weight excluding hydrogens is 261 g/mol. The number of halogens is 1. The molecule has 100 valence electrons. The third-order valence-electron chi connectivity index (χ3n) is 2.78. The van der Waals surface area contributed by atoms with Gasteiger partial charge < -0.3 is 0 Å². The van der Waals surface area contributed by atoms with E-state index in [1.54, 1.807) is 6.20 Å². The standard InChI is InChI=1S/C14H16FN3S/c1-4-11-6-16-7-13(15)12(11)8-19-14-17-9(2)5-10(3)18-14/h5-7H,4,8H2,1-3H3. The van der Waals surface area contributed by atoms with E-state index in [-0.39, 0.29) is 5.82 Å². The van der Waals surface area contributed by atoms with Crippen molar-refractivity contribution in [2.75, 3.05) is 0 Å². The van der Waals surface area contributed by atoms with Gasteiger partial charge in [-0.1, -0.05) is 18.7 Å². The number of hydrogen-bond acceptors (Lipinski definition) is 4. The number of aryl methyl sites for hydroxylation is 3. The molecule has 0 unspecified atom stereocenters. The summed E-state index contributed by atoms with van der Waals surface area (Å²) in [7, 11) is 0. The molecular formula is C14H16FN3S. The van der Waals surface area contributed by atoms with Crippen LogP contribution < -0.4 is 0 Å². The van der Waals surface area contributed by atoms with Crippen LogP contribution >= 0.6 is 11.8 Å². The number of aromatic nitrogens is 3. The molecule has 0 fully saturated rings.